The lowest BCUT2D eigenvalue weighted by atomic mass is 10.1. The van der Waals surface area contributed by atoms with Gasteiger partial charge in [-0.2, -0.15) is 0 Å². The predicted octanol–water partition coefficient (Wildman–Crippen LogP) is 0.695. The number of benzene rings is 1. The van der Waals surface area contributed by atoms with Crippen molar-refractivity contribution in [2.24, 2.45) is 14.1 Å². The molecule has 0 bridgehead atoms. The van der Waals surface area contributed by atoms with Gasteiger partial charge in [-0.05, 0) is 17.7 Å². The van der Waals surface area contributed by atoms with Crippen LogP contribution in [-0.4, -0.2) is 24.2 Å². The highest BCUT2D eigenvalue weighted by Gasteiger charge is 2.19. The second-order valence-corrected chi connectivity index (χ2v) is 5.42. The van der Waals surface area contributed by atoms with Gasteiger partial charge in [-0.25, -0.2) is 9.78 Å². The number of H-pyrrole nitrogens is 1. The zero-order valence-corrected chi connectivity index (χ0v) is 12.6. The van der Waals surface area contributed by atoms with Crippen molar-refractivity contribution >= 4 is 22.8 Å². The van der Waals surface area contributed by atoms with Crippen molar-refractivity contribution in [3.05, 3.63) is 61.5 Å². The molecule has 0 radical (unpaired) electrons. The van der Waals surface area contributed by atoms with Crippen LogP contribution in [0.25, 0.3) is 11.2 Å². The van der Waals surface area contributed by atoms with Gasteiger partial charge in [0.1, 0.15) is 17.4 Å². The summed E-state index contributed by atoms with van der Waals surface area (Å²) in [5.74, 6) is 0.190. The summed E-state index contributed by atoms with van der Waals surface area (Å²) < 4.78 is 2.24. The van der Waals surface area contributed by atoms with Crippen molar-refractivity contribution in [3.8, 4) is 0 Å². The lowest BCUT2D eigenvalue weighted by Crippen LogP contribution is -2.36. The second kappa shape index (κ2) is 5.11. The van der Waals surface area contributed by atoms with E-state index < -0.39 is 17.4 Å². The maximum Gasteiger partial charge on any atom is 0.332 e. The van der Waals surface area contributed by atoms with E-state index in [4.69, 9.17) is 11.6 Å². The Morgan fingerprint density at radius 2 is 1.82 bits per heavy atom. The number of aliphatic hydroxyl groups excluding tert-OH is 1. The Balaban J connectivity index is 2.19. The molecule has 3 rings (SSSR count). The van der Waals surface area contributed by atoms with Gasteiger partial charge in [0, 0.05) is 19.1 Å². The Kier molecular flexibility index (Phi) is 3.38. The van der Waals surface area contributed by atoms with Crippen molar-refractivity contribution in [2.75, 3.05) is 0 Å². The molecule has 7 nitrogen and oxygen atoms in total. The van der Waals surface area contributed by atoms with E-state index >= 15 is 0 Å². The van der Waals surface area contributed by atoms with Crippen LogP contribution in [0.15, 0.2) is 33.9 Å². The molecule has 22 heavy (non-hydrogen) atoms. The van der Waals surface area contributed by atoms with Gasteiger partial charge < -0.3 is 10.1 Å². The van der Waals surface area contributed by atoms with Crippen LogP contribution in [0.4, 0.5) is 0 Å². The third-order valence-electron chi connectivity index (χ3n) is 3.56. The maximum absolute atomic E-state index is 12.1. The maximum atomic E-state index is 12.1. The van der Waals surface area contributed by atoms with E-state index in [0.29, 0.717) is 10.6 Å². The zero-order valence-electron chi connectivity index (χ0n) is 11.9. The van der Waals surface area contributed by atoms with Gasteiger partial charge in [0.05, 0.1) is 0 Å². The number of hydrogen-bond donors (Lipinski definition) is 2. The normalized spacial score (nSPS) is 12.7. The van der Waals surface area contributed by atoms with E-state index in [9.17, 15) is 14.7 Å². The molecule has 0 unspecified atom stereocenters. The molecule has 0 aliphatic rings. The smallest absolute Gasteiger partial charge is 0.332 e. The molecular formula is C14H13ClN4O3. The number of fused-ring (bicyclic) bond motifs is 1. The van der Waals surface area contributed by atoms with Crippen LogP contribution < -0.4 is 11.2 Å². The quantitative estimate of drug-likeness (QED) is 0.726. The Morgan fingerprint density at radius 3 is 2.45 bits per heavy atom. The molecule has 0 saturated heterocycles. The van der Waals surface area contributed by atoms with Crippen molar-refractivity contribution < 1.29 is 5.11 Å². The highest BCUT2D eigenvalue weighted by Crippen LogP contribution is 2.22. The van der Waals surface area contributed by atoms with E-state index in [1.54, 1.807) is 24.3 Å². The average molecular weight is 321 g/mol. The molecule has 8 heteroatoms. The first kappa shape index (κ1) is 14.6. The number of aryl methyl sites for hydroxylation is 1. The minimum Gasteiger partial charge on any atom is -0.380 e. The Bertz CT molecular complexity index is 969. The van der Waals surface area contributed by atoms with E-state index in [0.717, 1.165) is 4.57 Å². The lowest BCUT2D eigenvalue weighted by Gasteiger charge is -2.07. The number of nitrogens with one attached hydrogen (secondary N) is 1. The molecular weight excluding hydrogens is 308 g/mol. The minimum absolute atomic E-state index is 0.174. The fraction of sp³-hybridized carbons (Fsp3) is 0.214. The van der Waals surface area contributed by atoms with Gasteiger partial charge >= 0.3 is 5.69 Å². The zero-order chi connectivity index (χ0) is 16.0. The van der Waals surface area contributed by atoms with E-state index in [1.807, 2.05) is 0 Å². The topological polar surface area (TPSA) is 92.9 Å². The highest BCUT2D eigenvalue weighted by atomic mass is 35.5. The number of aliphatic hydroxyl groups is 1. The molecule has 3 aromatic rings. The molecule has 2 heterocycles. The fourth-order valence-corrected chi connectivity index (χ4v) is 2.40. The van der Waals surface area contributed by atoms with Crippen LogP contribution >= 0.6 is 11.6 Å². The molecule has 2 N–H and O–H groups in total. The summed E-state index contributed by atoms with van der Waals surface area (Å²) in [5.41, 5.74) is -0.00861. The first-order valence-corrected chi connectivity index (χ1v) is 6.87. The molecule has 1 aromatic carbocycles. The molecule has 0 amide bonds. The largest absolute Gasteiger partial charge is 0.380 e. The molecule has 0 aliphatic heterocycles. The minimum atomic E-state index is -1.05. The molecule has 114 valence electrons. The molecule has 1 atom stereocenters. The number of aromatic amines is 1. The van der Waals surface area contributed by atoms with Crippen molar-refractivity contribution in [3.63, 3.8) is 0 Å². The van der Waals surface area contributed by atoms with E-state index in [1.165, 1.54) is 18.7 Å². The number of nitrogens with zero attached hydrogens (tertiary/aromatic N) is 3. The van der Waals surface area contributed by atoms with E-state index in [2.05, 4.69) is 9.97 Å². The second-order valence-electron chi connectivity index (χ2n) is 4.98. The average Bonchev–Trinajstić information content (AvgIpc) is 2.96. The number of rotatable bonds is 2. The summed E-state index contributed by atoms with van der Waals surface area (Å²) in [6.45, 7) is 0. The number of aromatic nitrogens is 4. The number of hydrogen-bond acceptors (Lipinski definition) is 4. The molecule has 0 spiro atoms. The Hall–Kier alpha value is -2.38. The Labute approximate surface area is 129 Å². The van der Waals surface area contributed by atoms with Gasteiger partial charge in [-0.3, -0.25) is 13.9 Å². The number of imidazole rings is 1. The highest BCUT2D eigenvalue weighted by molar-refractivity contribution is 6.30. The van der Waals surface area contributed by atoms with Crippen molar-refractivity contribution in [1.82, 2.24) is 19.1 Å². The molecule has 0 aliphatic carbocycles. The molecule has 2 aromatic heterocycles. The van der Waals surface area contributed by atoms with Gasteiger partial charge in [-0.15, -0.1) is 0 Å². The van der Waals surface area contributed by atoms with Gasteiger partial charge in [0.2, 0.25) is 0 Å². The summed E-state index contributed by atoms with van der Waals surface area (Å²) in [5, 5.41) is 10.9. The lowest BCUT2D eigenvalue weighted by molar-refractivity contribution is 0.211. The Morgan fingerprint density at radius 1 is 1.18 bits per heavy atom. The van der Waals surface area contributed by atoms with Crippen LogP contribution in [0, 0.1) is 0 Å². The standard InChI is InChI=1S/C14H13ClN4O3/c1-18-12-9(13(21)19(2)14(18)22)16-11(17-12)10(20)7-3-5-8(15)6-4-7/h3-6,10,20H,1-2H3,(H,16,17)/t10-/m1/s1. The summed E-state index contributed by atoms with van der Waals surface area (Å²) in [6, 6.07) is 6.63. The predicted molar refractivity (Wildman–Crippen MR) is 82.1 cm³/mol. The van der Waals surface area contributed by atoms with E-state index in [-0.39, 0.29) is 17.0 Å². The monoisotopic (exact) mass is 320 g/mol. The van der Waals surface area contributed by atoms with Crippen LogP contribution in [0.3, 0.4) is 0 Å². The third-order valence-corrected chi connectivity index (χ3v) is 3.81. The first-order valence-electron chi connectivity index (χ1n) is 6.49. The number of halogens is 1. The van der Waals surface area contributed by atoms with Gasteiger partial charge in [0.25, 0.3) is 5.56 Å². The van der Waals surface area contributed by atoms with Crippen LogP contribution in [0.1, 0.15) is 17.5 Å². The summed E-state index contributed by atoms with van der Waals surface area (Å²) in [6.07, 6.45) is -1.05. The van der Waals surface area contributed by atoms with Gasteiger partial charge in [-0.1, -0.05) is 23.7 Å². The first-order chi connectivity index (χ1) is 10.4. The van der Waals surface area contributed by atoms with Crippen LogP contribution in [-0.2, 0) is 14.1 Å². The van der Waals surface area contributed by atoms with Crippen LogP contribution in [0.5, 0.6) is 0 Å². The molecule has 0 fully saturated rings. The van der Waals surface area contributed by atoms with Crippen molar-refractivity contribution in [1.29, 1.82) is 0 Å². The van der Waals surface area contributed by atoms with Crippen LogP contribution in [0.2, 0.25) is 5.02 Å². The fourth-order valence-electron chi connectivity index (χ4n) is 2.28. The molecule has 0 saturated carbocycles. The summed E-state index contributed by atoms with van der Waals surface area (Å²) in [4.78, 5) is 31.0. The third kappa shape index (κ3) is 2.15. The van der Waals surface area contributed by atoms with Gasteiger partial charge in [0.15, 0.2) is 5.65 Å². The van der Waals surface area contributed by atoms with Crippen molar-refractivity contribution in [2.45, 2.75) is 6.10 Å². The SMILES string of the molecule is Cn1c(=O)c2[nH]c([C@H](O)c3ccc(Cl)cc3)nc2n(C)c1=O. The summed E-state index contributed by atoms with van der Waals surface area (Å²) in [7, 11) is 2.91. The summed E-state index contributed by atoms with van der Waals surface area (Å²) >= 11 is 5.82.